The Hall–Kier alpha value is -2.21. The lowest BCUT2D eigenvalue weighted by Crippen LogP contribution is -2.50. The van der Waals surface area contributed by atoms with Crippen molar-refractivity contribution in [3.05, 3.63) is 35.4 Å². The summed E-state index contributed by atoms with van der Waals surface area (Å²) in [6.45, 7) is 6.45. The van der Waals surface area contributed by atoms with Crippen molar-refractivity contribution in [3.63, 3.8) is 0 Å². The standard InChI is InChI=1S/C20H27N3O3/c1-14-21-18(25)20(22-14)10-12-23(13-11-20)17(24)16-6-4-15(5-7-16)8-9-19(2,3)26/h4-7,26H,8-13H2,1-3H3,(H,21,22,25). The van der Waals surface area contributed by atoms with Gasteiger partial charge in [-0.05, 0) is 64.2 Å². The zero-order valence-corrected chi connectivity index (χ0v) is 15.7. The topological polar surface area (TPSA) is 82.0 Å². The second-order valence-corrected chi connectivity index (χ2v) is 7.98. The number of aliphatic hydroxyl groups is 1. The summed E-state index contributed by atoms with van der Waals surface area (Å²) in [4.78, 5) is 31.1. The minimum absolute atomic E-state index is 0.00649. The van der Waals surface area contributed by atoms with Gasteiger partial charge in [0.05, 0.1) is 5.60 Å². The van der Waals surface area contributed by atoms with E-state index in [2.05, 4.69) is 10.3 Å². The van der Waals surface area contributed by atoms with Gasteiger partial charge in [0.1, 0.15) is 11.4 Å². The molecular weight excluding hydrogens is 330 g/mol. The third kappa shape index (κ3) is 3.96. The number of nitrogens with one attached hydrogen (secondary N) is 1. The third-order valence-corrected chi connectivity index (χ3v) is 5.20. The van der Waals surface area contributed by atoms with E-state index < -0.39 is 11.1 Å². The van der Waals surface area contributed by atoms with Crippen molar-refractivity contribution in [1.82, 2.24) is 10.2 Å². The zero-order valence-electron chi connectivity index (χ0n) is 15.7. The average molecular weight is 357 g/mol. The van der Waals surface area contributed by atoms with E-state index in [0.29, 0.717) is 43.8 Å². The van der Waals surface area contributed by atoms with Gasteiger partial charge < -0.3 is 15.3 Å². The smallest absolute Gasteiger partial charge is 0.253 e. The molecule has 1 aromatic carbocycles. The van der Waals surface area contributed by atoms with Crippen molar-refractivity contribution < 1.29 is 14.7 Å². The quantitative estimate of drug-likeness (QED) is 0.864. The molecule has 1 fully saturated rings. The zero-order chi connectivity index (χ0) is 18.9. The summed E-state index contributed by atoms with van der Waals surface area (Å²) in [5, 5.41) is 12.6. The maximum Gasteiger partial charge on any atom is 0.253 e. The fourth-order valence-electron chi connectivity index (χ4n) is 3.55. The van der Waals surface area contributed by atoms with Gasteiger partial charge in [0.15, 0.2) is 0 Å². The summed E-state index contributed by atoms with van der Waals surface area (Å²) in [6, 6.07) is 7.58. The second kappa shape index (κ2) is 6.83. The lowest BCUT2D eigenvalue weighted by molar-refractivity contribution is -0.125. The number of carbonyl (C=O) groups is 2. The summed E-state index contributed by atoms with van der Waals surface area (Å²) >= 11 is 0. The van der Waals surface area contributed by atoms with Crippen molar-refractivity contribution >= 4 is 17.6 Å². The molecule has 0 aromatic heterocycles. The Kier molecular flexibility index (Phi) is 4.88. The van der Waals surface area contributed by atoms with E-state index in [9.17, 15) is 14.7 Å². The number of carbonyl (C=O) groups excluding carboxylic acids is 2. The van der Waals surface area contributed by atoms with Gasteiger partial charge in [-0.1, -0.05) is 12.1 Å². The van der Waals surface area contributed by atoms with Crippen LogP contribution in [-0.2, 0) is 11.2 Å². The van der Waals surface area contributed by atoms with Gasteiger partial charge in [-0.3, -0.25) is 14.6 Å². The van der Waals surface area contributed by atoms with Crippen LogP contribution in [0.5, 0.6) is 0 Å². The molecule has 140 valence electrons. The average Bonchev–Trinajstić information content (AvgIpc) is 2.86. The predicted octanol–water partition coefficient (Wildman–Crippen LogP) is 1.91. The van der Waals surface area contributed by atoms with Gasteiger partial charge >= 0.3 is 0 Å². The maximum atomic E-state index is 12.7. The van der Waals surface area contributed by atoms with E-state index in [4.69, 9.17) is 0 Å². The molecule has 6 nitrogen and oxygen atoms in total. The first kappa shape index (κ1) is 18.6. The highest BCUT2D eigenvalue weighted by atomic mass is 16.3. The molecular formula is C20H27N3O3. The Balaban J connectivity index is 1.59. The van der Waals surface area contributed by atoms with Crippen LogP contribution < -0.4 is 5.32 Å². The van der Waals surface area contributed by atoms with Crippen LogP contribution in [0.4, 0.5) is 0 Å². The van der Waals surface area contributed by atoms with Gasteiger partial charge in [-0.2, -0.15) is 0 Å². The number of amidine groups is 1. The van der Waals surface area contributed by atoms with E-state index in [-0.39, 0.29) is 11.8 Å². The molecule has 1 aromatic rings. The third-order valence-electron chi connectivity index (χ3n) is 5.20. The van der Waals surface area contributed by atoms with E-state index in [1.165, 1.54) is 0 Å². The number of rotatable bonds is 4. The number of aliphatic imine (C=N–C) groups is 1. The van der Waals surface area contributed by atoms with Crippen molar-refractivity contribution in [1.29, 1.82) is 0 Å². The molecule has 26 heavy (non-hydrogen) atoms. The van der Waals surface area contributed by atoms with Crippen molar-refractivity contribution in [3.8, 4) is 0 Å². The molecule has 1 spiro atoms. The maximum absolute atomic E-state index is 12.7. The Bertz CT molecular complexity index is 724. The van der Waals surface area contributed by atoms with Crippen LogP contribution in [0.25, 0.3) is 0 Å². The molecule has 0 unspecified atom stereocenters. The molecule has 0 bridgehead atoms. The molecule has 2 heterocycles. The van der Waals surface area contributed by atoms with E-state index in [1.54, 1.807) is 25.7 Å². The number of nitrogens with zero attached hydrogens (tertiary/aromatic N) is 2. The summed E-state index contributed by atoms with van der Waals surface area (Å²) in [5.74, 6) is 0.614. The molecule has 2 aliphatic heterocycles. The van der Waals surface area contributed by atoms with Crippen LogP contribution in [0.2, 0.25) is 0 Å². The Morgan fingerprint density at radius 2 is 1.88 bits per heavy atom. The number of benzene rings is 1. The molecule has 0 aliphatic carbocycles. The molecule has 6 heteroatoms. The summed E-state index contributed by atoms with van der Waals surface area (Å²) in [7, 11) is 0. The first-order chi connectivity index (χ1) is 12.2. The van der Waals surface area contributed by atoms with Gasteiger partial charge in [0, 0.05) is 18.7 Å². The van der Waals surface area contributed by atoms with Crippen molar-refractivity contribution in [2.24, 2.45) is 4.99 Å². The highest BCUT2D eigenvalue weighted by molar-refractivity contribution is 6.07. The molecule has 0 saturated carbocycles. The SMILES string of the molecule is CC1=NC2(CCN(C(=O)c3ccc(CCC(C)(C)O)cc3)CC2)C(=O)N1. The highest BCUT2D eigenvalue weighted by Crippen LogP contribution is 2.30. The van der Waals surface area contributed by atoms with E-state index in [0.717, 1.165) is 12.0 Å². The first-order valence-electron chi connectivity index (χ1n) is 9.17. The van der Waals surface area contributed by atoms with E-state index in [1.807, 2.05) is 24.3 Å². The number of amides is 2. The number of aryl methyl sites for hydroxylation is 1. The highest BCUT2D eigenvalue weighted by Gasteiger charge is 2.45. The Morgan fingerprint density at radius 1 is 1.27 bits per heavy atom. The Labute approximate surface area is 154 Å². The minimum atomic E-state index is -0.689. The van der Waals surface area contributed by atoms with Crippen molar-refractivity contribution in [2.45, 2.75) is 57.6 Å². The van der Waals surface area contributed by atoms with E-state index >= 15 is 0 Å². The van der Waals surface area contributed by atoms with Crippen LogP contribution in [0.1, 0.15) is 56.0 Å². The molecule has 0 radical (unpaired) electrons. The summed E-state index contributed by atoms with van der Waals surface area (Å²) in [5.41, 5.74) is 0.394. The second-order valence-electron chi connectivity index (χ2n) is 7.98. The van der Waals surface area contributed by atoms with Crippen LogP contribution >= 0.6 is 0 Å². The number of piperidine rings is 1. The molecule has 2 aliphatic rings. The summed E-state index contributed by atoms with van der Waals surface area (Å²) in [6.07, 6.45) is 2.57. The van der Waals surface area contributed by atoms with Crippen LogP contribution in [0.15, 0.2) is 29.3 Å². The minimum Gasteiger partial charge on any atom is -0.390 e. The van der Waals surface area contributed by atoms with Crippen molar-refractivity contribution in [2.75, 3.05) is 13.1 Å². The molecule has 2 amide bonds. The molecule has 3 rings (SSSR count). The largest absolute Gasteiger partial charge is 0.390 e. The predicted molar refractivity (Wildman–Crippen MR) is 100 cm³/mol. The number of likely N-dealkylation sites (tertiary alicyclic amines) is 1. The number of hydrogen-bond acceptors (Lipinski definition) is 4. The summed E-state index contributed by atoms with van der Waals surface area (Å²) < 4.78 is 0. The normalized spacial score (nSPS) is 19.5. The molecule has 0 atom stereocenters. The lowest BCUT2D eigenvalue weighted by Gasteiger charge is -2.35. The van der Waals surface area contributed by atoms with Crippen LogP contribution in [-0.4, -0.2) is 51.9 Å². The van der Waals surface area contributed by atoms with Gasteiger partial charge in [0.25, 0.3) is 11.8 Å². The van der Waals surface area contributed by atoms with Gasteiger partial charge in [0.2, 0.25) is 0 Å². The fourth-order valence-corrected chi connectivity index (χ4v) is 3.55. The number of hydrogen-bond donors (Lipinski definition) is 2. The molecule has 1 saturated heterocycles. The first-order valence-corrected chi connectivity index (χ1v) is 9.17. The van der Waals surface area contributed by atoms with Gasteiger partial charge in [-0.15, -0.1) is 0 Å². The van der Waals surface area contributed by atoms with Gasteiger partial charge in [-0.25, -0.2) is 0 Å². The Morgan fingerprint density at radius 3 is 2.38 bits per heavy atom. The fraction of sp³-hybridized carbons (Fsp3) is 0.550. The van der Waals surface area contributed by atoms with Crippen LogP contribution in [0, 0.1) is 0 Å². The lowest BCUT2D eigenvalue weighted by atomic mass is 9.87. The van der Waals surface area contributed by atoms with Crippen LogP contribution in [0.3, 0.4) is 0 Å². The monoisotopic (exact) mass is 357 g/mol. The molecule has 2 N–H and O–H groups in total.